The first-order valence-corrected chi connectivity index (χ1v) is 7.24. The number of nitrogens with one attached hydrogen (secondary N) is 2. The molecule has 0 atom stereocenters. The van der Waals surface area contributed by atoms with Crippen molar-refractivity contribution >= 4 is 22.9 Å². The number of amides is 1. The lowest BCUT2D eigenvalue weighted by atomic mass is 10.2. The SMILES string of the molecule is COCCOc1cccc(C(=O)Nc2nc3ccccc3[nH]2)c1. The second kappa shape index (κ2) is 6.93. The lowest BCUT2D eigenvalue weighted by Crippen LogP contribution is -2.13. The number of methoxy groups -OCH3 is 1. The summed E-state index contributed by atoms with van der Waals surface area (Å²) in [6, 6.07) is 14.6. The number of hydrogen-bond donors (Lipinski definition) is 2. The standard InChI is InChI=1S/C17H17N3O3/c1-22-9-10-23-13-6-4-5-12(11-13)16(21)20-17-18-14-7-2-3-8-15(14)19-17/h2-8,11H,9-10H2,1H3,(H2,18,19,20,21). The molecule has 2 N–H and O–H groups in total. The molecule has 118 valence electrons. The first kappa shape index (κ1) is 15.1. The first-order valence-electron chi connectivity index (χ1n) is 7.24. The van der Waals surface area contributed by atoms with E-state index in [1.54, 1.807) is 31.4 Å². The summed E-state index contributed by atoms with van der Waals surface area (Å²) in [6.45, 7) is 0.931. The molecule has 1 aromatic heterocycles. The van der Waals surface area contributed by atoms with Gasteiger partial charge in [0.25, 0.3) is 5.91 Å². The van der Waals surface area contributed by atoms with Gasteiger partial charge in [-0.15, -0.1) is 0 Å². The molecule has 0 bridgehead atoms. The minimum Gasteiger partial charge on any atom is -0.491 e. The van der Waals surface area contributed by atoms with Gasteiger partial charge in [0, 0.05) is 12.7 Å². The van der Waals surface area contributed by atoms with Gasteiger partial charge >= 0.3 is 0 Å². The maximum atomic E-state index is 12.3. The van der Waals surface area contributed by atoms with Gasteiger partial charge in [0.15, 0.2) is 0 Å². The zero-order valence-electron chi connectivity index (χ0n) is 12.7. The van der Waals surface area contributed by atoms with E-state index in [1.807, 2.05) is 24.3 Å². The van der Waals surface area contributed by atoms with Crippen LogP contribution in [0.5, 0.6) is 5.75 Å². The van der Waals surface area contributed by atoms with Crippen LogP contribution in [0.25, 0.3) is 11.0 Å². The second-order valence-electron chi connectivity index (χ2n) is 4.93. The molecule has 0 fully saturated rings. The fourth-order valence-electron chi connectivity index (χ4n) is 2.16. The number of rotatable bonds is 6. The van der Waals surface area contributed by atoms with Crippen molar-refractivity contribution in [3.05, 3.63) is 54.1 Å². The van der Waals surface area contributed by atoms with Crippen molar-refractivity contribution in [3.8, 4) is 5.75 Å². The van der Waals surface area contributed by atoms with Crippen LogP contribution in [0.1, 0.15) is 10.4 Å². The van der Waals surface area contributed by atoms with E-state index < -0.39 is 0 Å². The maximum absolute atomic E-state index is 12.3. The van der Waals surface area contributed by atoms with Crippen LogP contribution in [0.4, 0.5) is 5.95 Å². The number of ether oxygens (including phenoxy) is 2. The van der Waals surface area contributed by atoms with Gasteiger partial charge in [0.1, 0.15) is 12.4 Å². The number of aromatic nitrogens is 2. The molecule has 0 aliphatic heterocycles. The molecule has 6 nitrogen and oxygen atoms in total. The molecule has 0 spiro atoms. The van der Waals surface area contributed by atoms with Crippen molar-refractivity contribution in [1.82, 2.24) is 9.97 Å². The van der Waals surface area contributed by atoms with Crippen LogP contribution in [-0.2, 0) is 4.74 Å². The number of H-pyrrole nitrogens is 1. The van der Waals surface area contributed by atoms with E-state index >= 15 is 0 Å². The van der Waals surface area contributed by atoms with E-state index in [1.165, 1.54) is 0 Å². The highest BCUT2D eigenvalue weighted by Crippen LogP contribution is 2.16. The third-order valence-electron chi connectivity index (χ3n) is 3.27. The predicted octanol–water partition coefficient (Wildman–Crippen LogP) is 2.84. The van der Waals surface area contributed by atoms with Crippen molar-refractivity contribution in [3.63, 3.8) is 0 Å². The molecule has 0 radical (unpaired) electrons. The summed E-state index contributed by atoms with van der Waals surface area (Å²) < 4.78 is 10.4. The van der Waals surface area contributed by atoms with Crippen molar-refractivity contribution in [2.45, 2.75) is 0 Å². The molecule has 23 heavy (non-hydrogen) atoms. The van der Waals surface area contributed by atoms with Gasteiger partial charge in [-0.3, -0.25) is 10.1 Å². The molecule has 0 aliphatic carbocycles. The van der Waals surface area contributed by atoms with Gasteiger partial charge in [-0.05, 0) is 30.3 Å². The average molecular weight is 311 g/mol. The van der Waals surface area contributed by atoms with Crippen molar-refractivity contribution in [2.75, 3.05) is 25.6 Å². The Hall–Kier alpha value is -2.86. The number of hydrogen-bond acceptors (Lipinski definition) is 4. The number of nitrogens with zero attached hydrogens (tertiary/aromatic N) is 1. The number of para-hydroxylation sites is 2. The van der Waals surface area contributed by atoms with Crippen molar-refractivity contribution in [2.24, 2.45) is 0 Å². The molecule has 0 saturated carbocycles. The third-order valence-corrected chi connectivity index (χ3v) is 3.27. The number of fused-ring (bicyclic) bond motifs is 1. The quantitative estimate of drug-likeness (QED) is 0.686. The minimum atomic E-state index is -0.249. The zero-order valence-corrected chi connectivity index (χ0v) is 12.7. The number of benzene rings is 2. The van der Waals surface area contributed by atoms with Crippen LogP contribution < -0.4 is 10.1 Å². The highest BCUT2D eigenvalue weighted by molar-refractivity contribution is 6.04. The average Bonchev–Trinajstić information content (AvgIpc) is 2.97. The van der Waals surface area contributed by atoms with Gasteiger partial charge < -0.3 is 14.5 Å². The third kappa shape index (κ3) is 3.67. The Morgan fingerprint density at radius 3 is 2.87 bits per heavy atom. The Bertz CT molecular complexity index is 780. The van der Waals surface area contributed by atoms with Crippen LogP contribution in [0.2, 0.25) is 0 Å². The Balaban J connectivity index is 1.71. The molecule has 3 rings (SSSR count). The summed E-state index contributed by atoms with van der Waals surface area (Å²) in [5.74, 6) is 0.794. The van der Waals surface area contributed by atoms with E-state index in [0.717, 1.165) is 11.0 Å². The maximum Gasteiger partial charge on any atom is 0.258 e. The molecular weight excluding hydrogens is 294 g/mol. The van der Waals surface area contributed by atoms with Gasteiger partial charge in [-0.25, -0.2) is 4.98 Å². The number of carbonyl (C=O) groups excluding carboxylic acids is 1. The van der Waals surface area contributed by atoms with E-state index in [2.05, 4.69) is 15.3 Å². The summed E-state index contributed by atoms with van der Waals surface area (Å²) in [5, 5.41) is 2.76. The summed E-state index contributed by atoms with van der Waals surface area (Å²) in [7, 11) is 1.61. The van der Waals surface area contributed by atoms with Crippen LogP contribution in [0.15, 0.2) is 48.5 Å². The Morgan fingerprint density at radius 1 is 1.17 bits per heavy atom. The van der Waals surface area contributed by atoms with Crippen molar-refractivity contribution in [1.29, 1.82) is 0 Å². The van der Waals surface area contributed by atoms with Crippen LogP contribution in [0.3, 0.4) is 0 Å². The molecule has 6 heteroatoms. The van der Waals surface area contributed by atoms with E-state index in [9.17, 15) is 4.79 Å². The molecule has 0 saturated heterocycles. The van der Waals surface area contributed by atoms with Crippen molar-refractivity contribution < 1.29 is 14.3 Å². The number of aromatic amines is 1. The Kier molecular flexibility index (Phi) is 4.54. The smallest absolute Gasteiger partial charge is 0.258 e. The lowest BCUT2D eigenvalue weighted by molar-refractivity contribution is 0.102. The molecule has 3 aromatic rings. The monoisotopic (exact) mass is 311 g/mol. The van der Waals surface area contributed by atoms with Crippen LogP contribution in [-0.4, -0.2) is 36.2 Å². The fraction of sp³-hybridized carbons (Fsp3) is 0.176. The van der Waals surface area contributed by atoms with Crippen LogP contribution in [0, 0.1) is 0 Å². The van der Waals surface area contributed by atoms with Gasteiger partial charge in [-0.2, -0.15) is 0 Å². The van der Waals surface area contributed by atoms with Gasteiger partial charge in [0.2, 0.25) is 5.95 Å². The summed E-state index contributed by atoms with van der Waals surface area (Å²) >= 11 is 0. The second-order valence-corrected chi connectivity index (χ2v) is 4.93. The summed E-state index contributed by atoms with van der Waals surface area (Å²) in [6.07, 6.45) is 0. The largest absolute Gasteiger partial charge is 0.491 e. The fourth-order valence-corrected chi connectivity index (χ4v) is 2.16. The van der Waals surface area contributed by atoms with Crippen LogP contribution >= 0.6 is 0 Å². The normalized spacial score (nSPS) is 10.7. The van der Waals surface area contributed by atoms with E-state index in [-0.39, 0.29) is 5.91 Å². The highest BCUT2D eigenvalue weighted by Gasteiger charge is 2.10. The molecule has 1 heterocycles. The predicted molar refractivity (Wildman–Crippen MR) is 87.9 cm³/mol. The molecular formula is C17H17N3O3. The molecule has 2 aromatic carbocycles. The summed E-state index contributed by atoms with van der Waals surface area (Å²) in [4.78, 5) is 19.7. The highest BCUT2D eigenvalue weighted by atomic mass is 16.5. The molecule has 0 aliphatic rings. The molecule has 1 amide bonds. The van der Waals surface area contributed by atoms with Gasteiger partial charge in [-0.1, -0.05) is 18.2 Å². The number of carbonyl (C=O) groups is 1. The Labute approximate surface area is 133 Å². The molecule has 0 unspecified atom stereocenters. The van der Waals surface area contributed by atoms with Gasteiger partial charge in [0.05, 0.1) is 17.6 Å². The lowest BCUT2D eigenvalue weighted by Gasteiger charge is -2.07. The number of anilines is 1. The first-order chi connectivity index (χ1) is 11.3. The topological polar surface area (TPSA) is 76.2 Å². The summed E-state index contributed by atoms with van der Waals surface area (Å²) in [5.41, 5.74) is 2.18. The minimum absolute atomic E-state index is 0.249. The van der Waals surface area contributed by atoms with E-state index in [0.29, 0.717) is 30.5 Å². The Morgan fingerprint density at radius 2 is 2.04 bits per heavy atom. The zero-order chi connectivity index (χ0) is 16.1. The van der Waals surface area contributed by atoms with E-state index in [4.69, 9.17) is 9.47 Å². The number of imidazole rings is 1.